The van der Waals surface area contributed by atoms with Crippen LogP contribution in [-0.2, 0) is 0 Å². The van der Waals surface area contributed by atoms with E-state index in [9.17, 15) is 4.39 Å². The smallest absolute Gasteiger partial charge is 0.162 e. The van der Waals surface area contributed by atoms with Gasteiger partial charge in [-0.3, -0.25) is 15.0 Å². The van der Waals surface area contributed by atoms with Crippen molar-refractivity contribution in [2.75, 3.05) is 26.2 Å². The third kappa shape index (κ3) is 4.59. The minimum atomic E-state index is -0.367. The highest BCUT2D eigenvalue weighted by Gasteiger charge is 2.18. The molecule has 6 aromatic rings. The lowest BCUT2D eigenvalue weighted by Gasteiger charge is -2.15. The van der Waals surface area contributed by atoms with Crippen molar-refractivity contribution < 1.29 is 9.13 Å². The zero-order chi connectivity index (χ0) is 26.2. The summed E-state index contributed by atoms with van der Waals surface area (Å²) in [5.41, 5.74) is 6.10. The van der Waals surface area contributed by atoms with E-state index < -0.39 is 0 Å². The molecule has 10 heteroatoms. The van der Waals surface area contributed by atoms with Crippen LogP contribution in [0.15, 0.2) is 67.0 Å². The molecular formula is C29H25FN8O. The fraction of sp³-hybridized carbons (Fsp3) is 0.207. The summed E-state index contributed by atoms with van der Waals surface area (Å²) >= 11 is 0. The van der Waals surface area contributed by atoms with Crippen LogP contribution < -0.4 is 4.74 Å². The molecule has 6 heterocycles. The van der Waals surface area contributed by atoms with Crippen molar-refractivity contribution in [2.45, 2.75) is 12.8 Å². The van der Waals surface area contributed by atoms with Gasteiger partial charge in [-0.2, -0.15) is 5.10 Å². The summed E-state index contributed by atoms with van der Waals surface area (Å²) in [7, 11) is 0. The van der Waals surface area contributed by atoms with Gasteiger partial charge >= 0.3 is 0 Å². The van der Waals surface area contributed by atoms with Crippen molar-refractivity contribution >= 4 is 22.2 Å². The summed E-state index contributed by atoms with van der Waals surface area (Å²) in [6, 6.07) is 16.1. The van der Waals surface area contributed by atoms with Crippen LogP contribution in [0.5, 0.6) is 5.75 Å². The van der Waals surface area contributed by atoms with Gasteiger partial charge in [-0.15, -0.1) is 0 Å². The molecule has 0 amide bonds. The number of rotatable bonds is 7. The molecule has 5 aromatic heterocycles. The van der Waals surface area contributed by atoms with Gasteiger partial charge in [0.15, 0.2) is 17.2 Å². The quantitative estimate of drug-likeness (QED) is 0.296. The van der Waals surface area contributed by atoms with Gasteiger partial charge < -0.3 is 9.72 Å². The second kappa shape index (κ2) is 9.88. The van der Waals surface area contributed by atoms with Crippen molar-refractivity contribution in [2.24, 2.45) is 0 Å². The molecule has 2 N–H and O–H groups in total. The summed E-state index contributed by atoms with van der Waals surface area (Å²) in [6.45, 7) is 3.54. The van der Waals surface area contributed by atoms with Crippen molar-refractivity contribution in [3.05, 3.63) is 72.8 Å². The standard InChI is InChI=1S/C29H25FN8O/c30-19-15-18(16-20(17-19)39-14-13-38-11-3-4-12-38)21-8-10-32-28-25(21)34-29(35-28)27-26-24(36-37-27)7-6-23(33-26)22-5-1-2-9-31-22/h1-2,5-10,15-17H,3-4,11-14H2,(H,36,37)(H,32,34,35). The van der Waals surface area contributed by atoms with Crippen molar-refractivity contribution in [3.8, 4) is 39.8 Å². The van der Waals surface area contributed by atoms with Crippen LogP contribution in [0.3, 0.4) is 0 Å². The molecule has 0 radical (unpaired) electrons. The molecule has 1 saturated heterocycles. The molecule has 194 valence electrons. The van der Waals surface area contributed by atoms with E-state index in [1.807, 2.05) is 42.5 Å². The lowest BCUT2D eigenvalue weighted by molar-refractivity contribution is 0.237. The highest BCUT2D eigenvalue weighted by atomic mass is 19.1. The lowest BCUT2D eigenvalue weighted by atomic mass is 10.1. The van der Waals surface area contributed by atoms with Gasteiger partial charge in [-0.25, -0.2) is 19.3 Å². The molecule has 0 aliphatic carbocycles. The number of benzene rings is 1. The first-order chi connectivity index (χ1) is 19.2. The van der Waals surface area contributed by atoms with Crippen LogP contribution in [0.1, 0.15) is 12.8 Å². The highest BCUT2D eigenvalue weighted by Crippen LogP contribution is 2.33. The summed E-state index contributed by atoms with van der Waals surface area (Å²) in [5.74, 6) is 0.642. The van der Waals surface area contributed by atoms with E-state index in [0.717, 1.165) is 42.1 Å². The Hall–Kier alpha value is -4.70. The molecule has 1 aliphatic rings. The number of halogens is 1. The first kappa shape index (κ1) is 23.4. The number of imidazole rings is 1. The molecular weight excluding hydrogens is 495 g/mol. The molecule has 39 heavy (non-hydrogen) atoms. The molecule has 1 aromatic carbocycles. The largest absolute Gasteiger partial charge is 0.492 e. The van der Waals surface area contributed by atoms with Crippen molar-refractivity contribution in [1.82, 2.24) is 40.0 Å². The van der Waals surface area contributed by atoms with Crippen LogP contribution in [0.25, 0.3) is 56.2 Å². The van der Waals surface area contributed by atoms with Crippen LogP contribution in [0.2, 0.25) is 0 Å². The van der Waals surface area contributed by atoms with E-state index >= 15 is 0 Å². The molecule has 0 unspecified atom stereocenters. The molecule has 0 bridgehead atoms. The third-order valence-electron chi connectivity index (χ3n) is 7.00. The molecule has 0 saturated carbocycles. The number of aromatic amines is 2. The fourth-order valence-electron chi connectivity index (χ4n) is 5.08. The van der Waals surface area contributed by atoms with Crippen LogP contribution in [0.4, 0.5) is 4.39 Å². The van der Waals surface area contributed by atoms with E-state index in [2.05, 4.69) is 30.0 Å². The average molecular weight is 521 g/mol. The maximum absolute atomic E-state index is 14.7. The molecule has 9 nitrogen and oxygen atoms in total. The molecule has 0 atom stereocenters. The van der Waals surface area contributed by atoms with Gasteiger partial charge in [-0.05, 0) is 74.0 Å². The minimum Gasteiger partial charge on any atom is -0.492 e. The van der Waals surface area contributed by atoms with Gasteiger partial charge in [0.1, 0.15) is 29.2 Å². The normalized spacial score (nSPS) is 14.0. The number of nitrogens with zero attached hydrogens (tertiary/aromatic N) is 6. The second-order valence-electron chi connectivity index (χ2n) is 9.59. The average Bonchev–Trinajstić information content (AvgIpc) is 3.72. The zero-order valence-electron chi connectivity index (χ0n) is 21.1. The third-order valence-corrected chi connectivity index (χ3v) is 7.00. The summed E-state index contributed by atoms with van der Waals surface area (Å²) in [5, 5.41) is 7.51. The lowest BCUT2D eigenvalue weighted by Crippen LogP contribution is -2.25. The monoisotopic (exact) mass is 520 g/mol. The predicted molar refractivity (Wildman–Crippen MR) is 147 cm³/mol. The number of nitrogens with one attached hydrogen (secondary N) is 2. The Morgan fingerprint density at radius 3 is 2.69 bits per heavy atom. The number of aromatic nitrogens is 7. The Labute approximate surface area is 223 Å². The number of hydrogen-bond acceptors (Lipinski definition) is 7. The number of hydrogen-bond donors (Lipinski definition) is 2. The van der Waals surface area contributed by atoms with E-state index in [1.54, 1.807) is 12.4 Å². The van der Waals surface area contributed by atoms with E-state index in [0.29, 0.717) is 46.1 Å². The number of H-pyrrole nitrogens is 2. The first-order valence-electron chi connectivity index (χ1n) is 13.0. The van der Waals surface area contributed by atoms with Crippen molar-refractivity contribution in [1.29, 1.82) is 0 Å². The van der Waals surface area contributed by atoms with Crippen molar-refractivity contribution in [3.63, 3.8) is 0 Å². The second-order valence-corrected chi connectivity index (χ2v) is 9.59. The summed E-state index contributed by atoms with van der Waals surface area (Å²) in [4.78, 5) is 24.1. The maximum atomic E-state index is 14.7. The van der Waals surface area contributed by atoms with Crippen LogP contribution in [-0.4, -0.2) is 66.3 Å². The van der Waals surface area contributed by atoms with E-state index in [4.69, 9.17) is 14.7 Å². The number of pyridine rings is 3. The van der Waals surface area contributed by atoms with E-state index in [-0.39, 0.29) is 5.82 Å². The maximum Gasteiger partial charge on any atom is 0.162 e. The Morgan fingerprint density at radius 1 is 0.897 bits per heavy atom. The number of likely N-dealkylation sites (tertiary alicyclic amines) is 1. The number of ether oxygens (including phenoxy) is 1. The van der Waals surface area contributed by atoms with Gasteiger partial charge in [0.2, 0.25) is 0 Å². The Bertz CT molecular complexity index is 1780. The molecule has 7 rings (SSSR count). The highest BCUT2D eigenvalue weighted by molar-refractivity contribution is 5.95. The zero-order valence-corrected chi connectivity index (χ0v) is 21.1. The van der Waals surface area contributed by atoms with Gasteiger partial charge in [0.05, 0.1) is 16.9 Å². The van der Waals surface area contributed by atoms with E-state index in [1.165, 1.54) is 25.0 Å². The predicted octanol–water partition coefficient (Wildman–Crippen LogP) is 5.24. The van der Waals surface area contributed by atoms with Gasteiger partial charge in [0.25, 0.3) is 0 Å². The SMILES string of the molecule is Fc1cc(OCCN2CCCC2)cc(-c2ccnc3[nH]c(-c4n[nH]c5ccc(-c6ccccn6)nc45)nc23)c1. The Balaban J connectivity index is 1.23. The van der Waals surface area contributed by atoms with Crippen LogP contribution in [0, 0.1) is 5.82 Å². The summed E-state index contributed by atoms with van der Waals surface area (Å²) in [6.07, 6.45) is 5.87. The van der Waals surface area contributed by atoms with Gasteiger partial charge in [-0.1, -0.05) is 6.07 Å². The fourth-order valence-corrected chi connectivity index (χ4v) is 5.08. The summed E-state index contributed by atoms with van der Waals surface area (Å²) < 4.78 is 20.6. The van der Waals surface area contributed by atoms with Crippen LogP contribution >= 0.6 is 0 Å². The molecule has 0 spiro atoms. The topological polar surface area (TPSA) is 108 Å². The van der Waals surface area contributed by atoms with Gasteiger partial charge in [0, 0.05) is 30.6 Å². The minimum absolute atomic E-state index is 0.367. The Kier molecular flexibility index (Phi) is 5.93. The molecule has 1 fully saturated rings. The Morgan fingerprint density at radius 2 is 1.82 bits per heavy atom. The molecule has 1 aliphatic heterocycles. The number of fused-ring (bicyclic) bond motifs is 2. The first-order valence-corrected chi connectivity index (χ1v) is 13.0.